The van der Waals surface area contributed by atoms with Crippen molar-refractivity contribution in [3.8, 4) is 0 Å². The van der Waals surface area contributed by atoms with Crippen molar-refractivity contribution in [3.05, 3.63) is 29.8 Å². The second kappa shape index (κ2) is 5.91. The molecule has 4 nitrogen and oxygen atoms in total. The lowest BCUT2D eigenvalue weighted by Crippen LogP contribution is -2.48. The van der Waals surface area contributed by atoms with E-state index in [2.05, 4.69) is 16.8 Å². The highest BCUT2D eigenvalue weighted by Gasteiger charge is 2.21. The average molecular weight is 251 g/mol. The maximum atomic E-state index is 13.0. The van der Waals surface area contributed by atoms with Gasteiger partial charge in [-0.15, -0.1) is 0 Å². The zero-order chi connectivity index (χ0) is 13.0. The molecule has 1 fully saturated rings. The van der Waals surface area contributed by atoms with E-state index in [1.807, 2.05) is 0 Å². The molecule has 1 amide bonds. The van der Waals surface area contributed by atoms with E-state index in [-0.39, 0.29) is 5.91 Å². The highest BCUT2D eigenvalue weighted by Crippen LogP contribution is 2.09. The highest BCUT2D eigenvalue weighted by atomic mass is 19.1. The van der Waals surface area contributed by atoms with Gasteiger partial charge in [0.05, 0.1) is 0 Å². The Bertz CT molecular complexity index is 416. The molecule has 2 rings (SSSR count). The number of piperazine rings is 1. The van der Waals surface area contributed by atoms with Crippen molar-refractivity contribution in [1.82, 2.24) is 14.8 Å². The SMILES string of the molecule is CCCN1CCN(C(=O)c2ccnc(F)c2)CC1. The van der Waals surface area contributed by atoms with Crippen molar-refractivity contribution in [1.29, 1.82) is 0 Å². The fraction of sp³-hybridized carbons (Fsp3) is 0.538. The van der Waals surface area contributed by atoms with Crippen LogP contribution < -0.4 is 0 Å². The third-order valence-electron chi connectivity index (χ3n) is 3.17. The second-order valence-electron chi connectivity index (χ2n) is 4.50. The van der Waals surface area contributed by atoms with Crippen molar-refractivity contribution in [2.45, 2.75) is 13.3 Å². The van der Waals surface area contributed by atoms with E-state index in [0.29, 0.717) is 18.7 Å². The summed E-state index contributed by atoms with van der Waals surface area (Å²) in [5.74, 6) is -0.710. The summed E-state index contributed by atoms with van der Waals surface area (Å²) in [4.78, 5) is 19.7. The quantitative estimate of drug-likeness (QED) is 0.762. The molecule has 0 radical (unpaired) electrons. The van der Waals surface area contributed by atoms with Crippen molar-refractivity contribution < 1.29 is 9.18 Å². The number of hydrogen-bond acceptors (Lipinski definition) is 3. The van der Waals surface area contributed by atoms with E-state index in [1.54, 1.807) is 11.0 Å². The lowest BCUT2D eigenvalue weighted by molar-refractivity contribution is 0.0637. The Morgan fingerprint density at radius 2 is 2.11 bits per heavy atom. The number of carbonyl (C=O) groups is 1. The predicted molar refractivity (Wildman–Crippen MR) is 66.8 cm³/mol. The number of pyridine rings is 1. The number of rotatable bonds is 3. The third kappa shape index (κ3) is 3.04. The lowest BCUT2D eigenvalue weighted by Gasteiger charge is -2.34. The normalized spacial score (nSPS) is 16.9. The fourth-order valence-corrected chi connectivity index (χ4v) is 2.21. The van der Waals surface area contributed by atoms with Gasteiger partial charge in [0, 0.05) is 44.0 Å². The first-order valence-corrected chi connectivity index (χ1v) is 6.34. The first-order valence-electron chi connectivity index (χ1n) is 6.34. The fourth-order valence-electron chi connectivity index (χ4n) is 2.21. The van der Waals surface area contributed by atoms with Gasteiger partial charge in [0.25, 0.3) is 5.91 Å². The van der Waals surface area contributed by atoms with Crippen LogP contribution in [-0.4, -0.2) is 53.4 Å². The van der Waals surface area contributed by atoms with Crippen LogP contribution in [0.3, 0.4) is 0 Å². The number of halogens is 1. The Morgan fingerprint density at radius 3 is 2.72 bits per heavy atom. The molecule has 1 aliphatic rings. The van der Waals surface area contributed by atoms with Gasteiger partial charge in [-0.3, -0.25) is 9.69 Å². The van der Waals surface area contributed by atoms with E-state index in [1.165, 1.54) is 12.3 Å². The van der Waals surface area contributed by atoms with Gasteiger partial charge in [0.15, 0.2) is 0 Å². The summed E-state index contributed by atoms with van der Waals surface area (Å²) >= 11 is 0. The average Bonchev–Trinajstić information content (AvgIpc) is 2.39. The molecule has 98 valence electrons. The molecule has 1 aliphatic heterocycles. The number of amides is 1. The molecule has 0 aliphatic carbocycles. The summed E-state index contributed by atoms with van der Waals surface area (Å²) in [6, 6.07) is 2.75. The van der Waals surface area contributed by atoms with Crippen LogP contribution in [0.5, 0.6) is 0 Å². The largest absolute Gasteiger partial charge is 0.336 e. The minimum absolute atomic E-state index is 0.104. The number of aromatic nitrogens is 1. The van der Waals surface area contributed by atoms with Gasteiger partial charge in [-0.1, -0.05) is 6.92 Å². The monoisotopic (exact) mass is 251 g/mol. The van der Waals surface area contributed by atoms with Crippen LogP contribution in [0.2, 0.25) is 0 Å². The van der Waals surface area contributed by atoms with Crippen molar-refractivity contribution >= 4 is 5.91 Å². The van der Waals surface area contributed by atoms with Crippen molar-refractivity contribution in [2.24, 2.45) is 0 Å². The Balaban J connectivity index is 1.95. The van der Waals surface area contributed by atoms with Crippen LogP contribution >= 0.6 is 0 Å². The third-order valence-corrected chi connectivity index (χ3v) is 3.17. The van der Waals surface area contributed by atoms with Crippen LogP contribution in [0.25, 0.3) is 0 Å². The van der Waals surface area contributed by atoms with Gasteiger partial charge in [-0.05, 0) is 19.0 Å². The molecule has 1 aromatic heterocycles. The summed E-state index contributed by atoms with van der Waals surface area (Å²) in [6.07, 6.45) is 2.46. The van der Waals surface area contributed by atoms with E-state index >= 15 is 0 Å². The minimum Gasteiger partial charge on any atom is -0.336 e. The number of hydrogen-bond donors (Lipinski definition) is 0. The molecule has 1 saturated heterocycles. The molecular formula is C13H18FN3O. The summed E-state index contributed by atoms with van der Waals surface area (Å²) in [7, 11) is 0. The van der Waals surface area contributed by atoms with Gasteiger partial charge < -0.3 is 4.90 Å². The Labute approximate surface area is 106 Å². The summed E-state index contributed by atoms with van der Waals surface area (Å²) in [5, 5.41) is 0. The molecule has 0 saturated carbocycles. The summed E-state index contributed by atoms with van der Waals surface area (Å²) in [6.45, 7) is 6.44. The Morgan fingerprint density at radius 1 is 1.39 bits per heavy atom. The molecule has 0 N–H and O–H groups in total. The first-order chi connectivity index (χ1) is 8.70. The maximum Gasteiger partial charge on any atom is 0.254 e. The van der Waals surface area contributed by atoms with Crippen LogP contribution in [0.1, 0.15) is 23.7 Å². The van der Waals surface area contributed by atoms with E-state index in [0.717, 1.165) is 26.1 Å². The topological polar surface area (TPSA) is 36.4 Å². The predicted octanol–water partition coefficient (Wildman–Crippen LogP) is 1.39. The highest BCUT2D eigenvalue weighted by molar-refractivity contribution is 5.94. The van der Waals surface area contributed by atoms with E-state index < -0.39 is 5.95 Å². The van der Waals surface area contributed by atoms with Crippen molar-refractivity contribution in [3.63, 3.8) is 0 Å². The Hall–Kier alpha value is -1.49. The first kappa shape index (κ1) is 13.0. The smallest absolute Gasteiger partial charge is 0.254 e. The van der Waals surface area contributed by atoms with Gasteiger partial charge in [0.1, 0.15) is 0 Å². The number of carbonyl (C=O) groups excluding carboxylic acids is 1. The minimum atomic E-state index is -0.606. The molecule has 18 heavy (non-hydrogen) atoms. The van der Waals surface area contributed by atoms with Gasteiger partial charge in [-0.2, -0.15) is 4.39 Å². The van der Waals surface area contributed by atoms with Crippen molar-refractivity contribution in [2.75, 3.05) is 32.7 Å². The standard InChI is InChI=1S/C13H18FN3O/c1-2-5-16-6-8-17(9-7-16)13(18)11-3-4-15-12(14)10-11/h3-4,10H,2,5-9H2,1H3. The second-order valence-corrected chi connectivity index (χ2v) is 4.50. The number of nitrogens with zero attached hydrogens (tertiary/aromatic N) is 3. The van der Waals surface area contributed by atoms with Gasteiger partial charge in [-0.25, -0.2) is 4.98 Å². The van der Waals surface area contributed by atoms with Crippen LogP contribution in [0, 0.1) is 5.95 Å². The Kier molecular flexibility index (Phi) is 4.25. The molecule has 0 atom stereocenters. The lowest BCUT2D eigenvalue weighted by atomic mass is 10.2. The zero-order valence-corrected chi connectivity index (χ0v) is 10.6. The molecule has 0 bridgehead atoms. The molecular weight excluding hydrogens is 233 g/mol. The zero-order valence-electron chi connectivity index (χ0n) is 10.6. The molecule has 1 aromatic rings. The van der Waals surface area contributed by atoms with E-state index in [4.69, 9.17) is 0 Å². The summed E-state index contributed by atoms with van der Waals surface area (Å²) < 4.78 is 13.0. The molecule has 0 unspecified atom stereocenters. The van der Waals surface area contributed by atoms with Gasteiger partial charge in [0.2, 0.25) is 5.95 Å². The molecule has 0 aromatic carbocycles. The van der Waals surface area contributed by atoms with Crippen LogP contribution in [0.4, 0.5) is 4.39 Å². The van der Waals surface area contributed by atoms with Crippen LogP contribution in [0.15, 0.2) is 18.3 Å². The molecule has 0 spiro atoms. The van der Waals surface area contributed by atoms with Gasteiger partial charge >= 0.3 is 0 Å². The van der Waals surface area contributed by atoms with Crippen LogP contribution in [-0.2, 0) is 0 Å². The maximum absolute atomic E-state index is 13.0. The molecule has 5 heteroatoms. The molecule has 2 heterocycles. The summed E-state index contributed by atoms with van der Waals surface area (Å²) in [5.41, 5.74) is 0.381. The van der Waals surface area contributed by atoms with E-state index in [9.17, 15) is 9.18 Å².